The van der Waals surface area contributed by atoms with Crippen LogP contribution in [-0.2, 0) is 11.3 Å². The topological polar surface area (TPSA) is 41.1 Å². The molecule has 0 saturated carbocycles. The molecular weight excluding hydrogens is 220 g/mol. The Morgan fingerprint density at radius 2 is 2.38 bits per heavy atom. The summed E-state index contributed by atoms with van der Waals surface area (Å²) >= 11 is 1.75. The fourth-order valence-electron chi connectivity index (χ4n) is 1.25. The predicted molar refractivity (Wildman–Crippen MR) is 68.6 cm³/mol. The molecule has 16 heavy (non-hydrogen) atoms. The fraction of sp³-hybridized carbons (Fsp3) is 0.417. The van der Waals surface area contributed by atoms with Gasteiger partial charge in [0, 0.05) is 22.8 Å². The molecule has 0 radical (unpaired) electrons. The lowest BCUT2D eigenvalue weighted by Crippen LogP contribution is -2.41. The zero-order valence-corrected chi connectivity index (χ0v) is 10.6. The first kappa shape index (κ1) is 12.9. The second kappa shape index (κ2) is 6.45. The molecule has 0 bridgehead atoms. The van der Waals surface area contributed by atoms with Crippen LogP contribution in [0.25, 0.3) is 0 Å². The summed E-state index contributed by atoms with van der Waals surface area (Å²) in [6.07, 6.45) is 1.67. The lowest BCUT2D eigenvalue weighted by Gasteiger charge is -2.12. The Labute approximate surface area is 101 Å². The van der Waals surface area contributed by atoms with Crippen LogP contribution in [0.3, 0.4) is 0 Å². The average molecular weight is 238 g/mol. The van der Waals surface area contributed by atoms with Crippen LogP contribution >= 0.6 is 11.3 Å². The van der Waals surface area contributed by atoms with Crippen molar-refractivity contribution in [2.75, 3.05) is 6.54 Å². The van der Waals surface area contributed by atoms with Crippen molar-refractivity contribution in [2.45, 2.75) is 26.4 Å². The Balaban J connectivity index is 2.31. The number of rotatable bonds is 6. The van der Waals surface area contributed by atoms with Crippen molar-refractivity contribution in [1.82, 2.24) is 10.6 Å². The Morgan fingerprint density at radius 3 is 2.94 bits per heavy atom. The van der Waals surface area contributed by atoms with E-state index in [9.17, 15) is 4.79 Å². The van der Waals surface area contributed by atoms with Gasteiger partial charge in [-0.05, 0) is 26.0 Å². The van der Waals surface area contributed by atoms with Crippen LogP contribution in [0, 0.1) is 6.92 Å². The molecule has 1 unspecified atom stereocenters. The van der Waals surface area contributed by atoms with E-state index in [-0.39, 0.29) is 11.9 Å². The molecule has 2 N–H and O–H groups in total. The van der Waals surface area contributed by atoms with Gasteiger partial charge in [0.1, 0.15) is 0 Å². The summed E-state index contributed by atoms with van der Waals surface area (Å²) in [6.45, 7) is 8.75. The highest BCUT2D eigenvalue weighted by atomic mass is 32.1. The van der Waals surface area contributed by atoms with E-state index in [1.807, 2.05) is 6.92 Å². The normalized spacial score (nSPS) is 12.1. The highest BCUT2D eigenvalue weighted by Gasteiger charge is 2.10. The van der Waals surface area contributed by atoms with Crippen LogP contribution in [0.15, 0.2) is 24.8 Å². The average Bonchev–Trinajstić information content (AvgIpc) is 2.68. The van der Waals surface area contributed by atoms with Gasteiger partial charge in [0.15, 0.2) is 0 Å². The van der Waals surface area contributed by atoms with Crippen molar-refractivity contribution >= 4 is 17.2 Å². The zero-order valence-electron chi connectivity index (χ0n) is 9.75. The van der Waals surface area contributed by atoms with E-state index in [0.29, 0.717) is 6.54 Å². The van der Waals surface area contributed by atoms with Gasteiger partial charge in [0.2, 0.25) is 5.91 Å². The van der Waals surface area contributed by atoms with E-state index in [1.54, 1.807) is 17.4 Å². The third-order valence-electron chi connectivity index (χ3n) is 2.19. The van der Waals surface area contributed by atoms with Gasteiger partial charge >= 0.3 is 0 Å². The second-order valence-electron chi connectivity index (χ2n) is 3.65. The van der Waals surface area contributed by atoms with Crippen molar-refractivity contribution in [3.05, 3.63) is 34.5 Å². The molecule has 1 heterocycles. The highest BCUT2D eigenvalue weighted by Crippen LogP contribution is 2.14. The minimum atomic E-state index is -0.178. The summed E-state index contributed by atoms with van der Waals surface area (Å²) < 4.78 is 0. The van der Waals surface area contributed by atoms with Gasteiger partial charge in [-0.25, -0.2) is 0 Å². The second-order valence-corrected chi connectivity index (χ2v) is 5.02. The number of amides is 1. The number of aryl methyl sites for hydroxylation is 1. The molecule has 0 aliphatic heterocycles. The number of nitrogens with one attached hydrogen (secondary N) is 2. The molecule has 1 atom stereocenters. The van der Waals surface area contributed by atoms with Crippen molar-refractivity contribution < 1.29 is 4.79 Å². The number of hydrogen-bond donors (Lipinski definition) is 2. The minimum absolute atomic E-state index is 0.00757. The zero-order chi connectivity index (χ0) is 12.0. The maximum Gasteiger partial charge on any atom is 0.237 e. The summed E-state index contributed by atoms with van der Waals surface area (Å²) in [7, 11) is 0. The van der Waals surface area contributed by atoms with Crippen molar-refractivity contribution in [2.24, 2.45) is 0 Å². The van der Waals surface area contributed by atoms with E-state index in [1.165, 1.54) is 9.75 Å². The quantitative estimate of drug-likeness (QED) is 0.742. The molecule has 4 heteroatoms. The van der Waals surface area contributed by atoms with Gasteiger partial charge in [0.05, 0.1) is 6.04 Å². The maximum absolute atomic E-state index is 11.5. The maximum atomic E-state index is 11.5. The van der Waals surface area contributed by atoms with Crippen molar-refractivity contribution in [3.8, 4) is 0 Å². The van der Waals surface area contributed by atoms with Crippen LogP contribution in [0.1, 0.15) is 16.7 Å². The third kappa shape index (κ3) is 4.16. The molecule has 0 aliphatic rings. The number of thiophene rings is 1. The summed E-state index contributed by atoms with van der Waals surface area (Å²) in [5, 5.41) is 5.94. The number of hydrogen-bond acceptors (Lipinski definition) is 3. The molecule has 1 amide bonds. The Kier molecular flexibility index (Phi) is 5.22. The van der Waals surface area contributed by atoms with E-state index in [2.05, 4.69) is 36.3 Å². The monoisotopic (exact) mass is 238 g/mol. The minimum Gasteiger partial charge on any atom is -0.351 e. The fourth-order valence-corrected chi connectivity index (χ4v) is 2.09. The summed E-state index contributed by atoms with van der Waals surface area (Å²) in [5.41, 5.74) is 0. The van der Waals surface area contributed by atoms with Gasteiger partial charge < -0.3 is 10.6 Å². The summed E-state index contributed by atoms with van der Waals surface area (Å²) in [4.78, 5) is 14.1. The largest absolute Gasteiger partial charge is 0.351 e. The molecule has 1 rings (SSSR count). The van der Waals surface area contributed by atoms with Crippen LogP contribution < -0.4 is 10.6 Å². The molecule has 0 aromatic carbocycles. The molecule has 0 saturated heterocycles. The van der Waals surface area contributed by atoms with E-state index < -0.39 is 0 Å². The molecule has 88 valence electrons. The van der Waals surface area contributed by atoms with Gasteiger partial charge in [0.25, 0.3) is 0 Å². The molecule has 1 aromatic heterocycles. The SMILES string of the molecule is C=CCNC(=O)C(C)NCc1ccc(C)s1. The first-order valence-electron chi connectivity index (χ1n) is 5.30. The van der Waals surface area contributed by atoms with Crippen LogP contribution in [0.2, 0.25) is 0 Å². The lowest BCUT2D eigenvalue weighted by atomic mass is 10.3. The standard InChI is InChI=1S/C12H18N2OS/c1-4-7-13-12(15)10(3)14-8-11-6-5-9(2)16-11/h4-6,10,14H,1,7-8H2,2-3H3,(H,13,15). The van der Waals surface area contributed by atoms with Crippen LogP contribution in [-0.4, -0.2) is 18.5 Å². The van der Waals surface area contributed by atoms with E-state index >= 15 is 0 Å². The molecule has 1 aromatic rings. The summed E-state index contributed by atoms with van der Waals surface area (Å²) in [6, 6.07) is 3.99. The van der Waals surface area contributed by atoms with Gasteiger partial charge in [-0.2, -0.15) is 0 Å². The van der Waals surface area contributed by atoms with Gasteiger partial charge in [-0.1, -0.05) is 6.08 Å². The van der Waals surface area contributed by atoms with Gasteiger partial charge in [-0.15, -0.1) is 17.9 Å². The van der Waals surface area contributed by atoms with Crippen LogP contribution in [0.5, 0.6) is 0 Å². The van der Waals surface area contributed by atoms with Crippen LogP contribution in [0.4, 0.5) is 0 Å². The van der Waals surface area contributed by atoms with Crippen molar-refractivity contribution in [1.29, 1.82) is 0 Å². The Hall–Kier alpha value is -1.13. The third-order valence-corrected chi connectivity index (χ3v) is 3.19. The summed E-state index contributed by atoms with van der Waals surface area (Å²) in [5.74, 6) is 0.00757. The number of carbonyl (C=O) groups excluding carboxylic acids is 1. The Bertz CT molecular complexity index is 360. The first-order valence-corrected chi connectivity index (χ1v) is 6.12. The predicted octanol–water partition coefficient (Wildman–Crippen LogP) is 1.84. The van der Waals surface area contributed by atoms with E-state index in [0.717, 1.165) is 6.54 Å². The number of carbonyl (C=O) groups is 1. The smallest absolute Gasteiger partial charge is 0.237 e. The van der Waals surface area contributed by atoms with Gasteiger partial charge in [-0.3, -0.25) is 4.79 Å². The molecule has 0 fully saturated rings. The van der Waals surface area contributed by atoms with E-state index in [4.69, 9.17) is 0 Å². The molecule has 3 nitrogen and oxygen atoms in total. The first-order chi connectivity index (χ1) is 7.63. The molecule has 0 aliphatic carbocycles. The lowest BCUT2D eigenvalue weighted by molar-refractivity contribution is -0.122. The van der Waals surface area contributed by atoms with Crippen molar-refractivity contribution in [3.63, 3.8) is 0 Å². The Morgan fingerprint density at radius 1 is 1.62 bits per heavy atom. The molecular formula is C12H18N2OS. The highest BCUT2D eigenvalue weighted by molar-refractivity contribution is 7.11. The molecule has 0 spiro atoms.